The minimum absolute atomic E-state index is 0.0671. The van der Waals surface area contributed by atoms with Gasteiger partial charge >= 0.3 is 0 Å². The molecule has 0 unspecified atom stereocenters. The van der Waals surface area contributed by atoms with E-state index in [0.29, 0.717) is 23.3 Å². The molecule has 2 aliphatic rings. The monoisotopic (exact) mass is 374 g/mol. The van der Waals surface area contributed by atoms with E-state index in [1.165, 1.54) is 25.0 Å². The largest absolute Gasteiger partial charge is 0.347 e. The molecule has 1 aliphatic heterocycles. The molecule has 8 heteroatoms. The average molecular weight is 374 g/mol. The van der Waals surface area contributed by atoms with Crippen LogP contribution in [0.3, 0.4) is 0 Å². The highest BCUT2D eigenvalue weighted by Crippen LogP contribution is 2.36. The van der Waals surface area contributed by atoms with Crippen molar-refractivity contribution >= 4 is 15.9 Å². The molecule has 0 radical (unpaired) electrons. The maximum absolute atomic E-state index is 12.9. The van der Waals surface area contributed by atoms with E-state index in [4.69, 9.17) is 0 Å². The molecule has 2 aromatic rings. The van der Waals surface area contributed by atoms with Crippen molar-refractivity contribution in [2.24, 2.45) is 5.92 Å². The molecule has 1 amide bonds. The molecule has 138 valence electrons. The molecule has 1 saturated carbocycles. The second kappa shape index (κ2) is 6.85. The number of imidazole rings is 1. The van der Waals surface area contributed by atoms with Gasteiger partial charge < -0.3 is 9.88 Å². The predicted molar refractivity (Wildman–Crippen MR) is 95.8 cm³/mol. The van der Waals surface area contributed by atoms with E-state index in [-0.39, 0.29) is 17.3 Å². The first kappa shape index (κ1) is 17.2. The van der Waals surface area contributed by atoms with E-state index < -0.39 is 10.0 Å². The van der Waals surface area contributed by atoms with Crippen LogP contribution in [0.2, 0.25) is 0 Å². The van der Waals surface area contributed by atoms with Crippen LogP contribution in [0.4, 0.5) is 0 Å². The van der Waals surface area contributed by atoms with E-state index in [9.17, 15) is 13.2 Å². The summed E-state index contributed by atoms with van der Waals surface area (Å²) in [6, 6.07) is 6.59. The quantitative estimate of drug-likeness (QED) is 0.836. The smallest absolute Gasteiger partial charge is 0.254 e. The highest BCUT2D eigenvalue weighted by molar-refractivity contribution is 7.89. The van der Waals surface area contributed by atoms with Gasteiger partial charge in [-0.2, -0.15) is 0 Å². The number of H-pyrrole nitrogens is 1. The van der Waals surface area contributed by atoms with Crippen LogP contribution < -0.4 is 4.72 Å². The number of hydrogen-bond donors (Lipinski definition) is 2. The number of nitrogens with zero attached hydrogens (tertiary/aromatic N) is 2. The van der Waals surface area contributed by atoms with Gasteiger partial charge in [0, 0.05) is 30.5 Å². The number of fused-ring (bicyclic) bond motifs is 2. The fourth-order valence-electron chi connectivity index (χ4n) is 3.99. The fourth-order valence-corrected chi connectivity index (χ4v) is 5.02. The summed E-state index contributed by atoms with van der Waals surface area (Å²) >= 11 is 0. The van der Waals surface area contributed by atoms with Crippen molar-refractivity contribution in [3.8, 4) is 0 Å². The number of aromatic amines is 1. The van der Waals surface area contributed by atoms with E-state index in [0.717, 1.165) is 19.4 Å². The number of aromatic nitrogens is 2. The summed E-state index contributed by atoms with van der Waals surface area (Å²) in [7, 11) is -3.71. The number of nitrogens with one attached hydrogen (secondary N) is 2. The third kappa shape index (κ3) is 3.39. The lowest BCUT2D eigenvalue weighted by Gasteiger charge is -2.24. The van der Waals surface area contributed by atoms with Crippen LogP contribution in [0.25, 0.3) is 0 Å². The van der Waals surface area contributed by atoms with Gasteiger partial charge in [-0.1, -0.05) is 12.5 Å². The summed E-state index contributed by atoms with van der Waals surface area (Å²) < 4.78 is 27.6. The molecule has 2 N–H and O–H groups in total. The number of likely N-dealkylation sites (tertiary alicyclic amines) is 1. The number of hydrogen-bond acceptors (Lipinski definition) is 4. The Morgan fingerprint density at radius 2 is 2.23 bits per heavy atom. The van der Waals surface area contributed by atoms with Crippen molar-refractivity contribution in [3.63, 3.8) is 0 Å². The Morgan fingerprint density at radius 1 is 1.35 bits per heavy atom. The van der Waals surface area contributed by atoms with Gasteiger partial charge in [-0.15, -0.1) is 0 Å². The SMILES string of the molecule is O=C(c1cccc(S(=O)(=O)NCc2ncc[nH]2)c1)N1C[C@H]2CCC[C@@H]1C2. The van der Waals surface area contributed by atoms with Crippen molar-refractivity contribution in [3.05, 3.63) is 48.0 Å². The highest BCUT2D eigenvalue weighted by Gasteiger charge is 2.38. The molecule has 1 aliphatic carbocycles. The third-order valence-corrected chi connectivity index (χ3v) is 6.69. The summed E-state index contributed by atoms with van der Waals surface area (Å²) in [5.74, 6) is 1.06. The van der Waals surface area contributed by atoms with E-state index in [1.54, 1.807) is 24.5 Å². The summed E-state index contributed by atoms with van der Waals surface area (Å²) in [5, 5.41) is 0. The molecule has 1 aromatic heterocycles. The molecular formula is C18H22N4O3S. The molecule has 7 nitrogen and oxygen atoms in total. The van der Waals surface area contributed by atoms with Crippen LogP contribution in [0, 0.1) is 5.92 Å². The zero-order chi connectivity index (χ0) is 18.1. The average Bonchev–Trinajstić information content (AvgIpc) is 3.27. The number of rotatable bonds is 5. The Balaban J connectivity index is 1.51. The minimum atomic E-state index is -3.71. The normalized spacial score (nSPS) is 22.5. The molecular weight excluding hydrogens is 352 g/mol. The second-order valence-corrected chi connectivity index (χ2v) is 8.80. The summed E-state index contributed by atoms with van der Waals surface area (Å²) in [4.78, 5) is 21.8. The number of carbonyl (C=O) groups excluding carboxylic acids is 1. The number of amides is 1. The second-order valence-electron chi connectivity index (χ2n) is 7.03. The first-order valence-electron chi connectivity index (χ1n) is 8.92. The van der Waals surface area contributed by atoms with Crippen LogP contribution in [-0.2, 0) is 16.6 Å². The van der Waals surface area contributed by atoms with Gasteiger partial charge in [0.25, 0.3) is 5.91 Å². The van der Waals surface area contributed by atoms with Crippen LogP contribution in [0.5, 0.6) is 0 Å². The first-order valence-corrected chi connectivity index (χ1v) is 10.4. The molecule has 1 aromatic carbocycles. The maximum atomic E-state index is 12.9. The molecule has 2 bridgehead atoms. The van der Waals surface area contributed by atoms with E-state index in [1.807, 2.05) is 4.90 Å². The Hall–Kier alpha value is -2.19. The van der Waals surface area contributed by atoms with Crippen LogP contribution in [0.1, 0.15) is 41.9 Å². The van der Waals surface area contributed by atoms with Gasteiger partial charge in [0.1, 0.15) is 5.82 Å². The number of benzene rings is 1. The van der Waals surface area contributed by atoms with Gasteiger partial charge in [-0.25, -0.2) is 18.1 Å². The molecule has 1 saturated heterocycles. The molecule has 0 spiro atoms. The molecule has 2 atom stereocenters. The maximum Gasteiger partial charge on any atom is 0.254 e. The Kier molecular flexibility index (Phi) is 4.54. The predicted octanol–water partition coefficient (Wildman–Crippen LogP) is 1.90. The lowest BCUT2D eigenvalue weighted by molar-refractivity contribution is 0.0733. The van der Waals surface area contributed by atoms with Gasteiger partial charge in [0.05, 0.1) is 11.4 Å². The van der Waals surface area contributed by atoms with Gasteiger partial charge in [-0.05, 0) is 43.4 Å². The standard InChI is InChI=1S/C18H22N4O3S/c23-18(22-12-13-3-1-5-15(22)9-13)14-4-2-6-16(10-14)26(24,25)21-11-17-19-7-8-20-17/h2,4,6-8,10,13,15,21H,1,3,5,9,11-12H2,(H,19,20)/t13-,15+/m0/s1. The number of carbonyl (C=O) groups is 1. The zero-order valence-electron chi connectivity index (χ0n) is 14.4. The zero-order valence-corrected chi connectivity index (χ0v) is 15.2. The lowest BCUT2D eigenvalue weighted by Crippen LogP contribution is -2.35. The van der Waals surface area contributed by atoms with Crippen molar-refractivity contribution in [2.45, 2.75) is 43.2 Å². The van der Waals surface area contributed by atoms with Crippen molar-refractivity contribution < 1.29 is 13.2 Å². The van der Waals surface area contributed by atoms with Crippen LogP contribution in [0.15, 0.2) is 41.6 Å². The summed E-state index contributed by atoms with van der Waals surface area (Å²) in [6.07, 6.45) is 7.68. The van der Waals surface area contributed by atoms with E-state index in [2.05, 4.69) is 14.7 Å². The minimum Gasteiger partial charge on any atom is -0.347 e. The van der Waals surface area contributed by atoms with Crippen LogP contribution >= 0.6 is 0 Å². The van der Waals surface area contributed by atoms with Gasteiger partial charge in [-0.3, -0.25) is 4.79 Å². The first-order chi connectivity index (χ1) is 12.5. The molecule has 2 fully saturated rings. The number of sulfonamides is 1. The lowest BCUT2D eigenvalue weighted by atomic mass is 9.90. The topological polar surface area (TPSA) is 95.2 Å². The van der Waals surface area contributed by atoms with Crippen molar-refractivity contribution in [2.75, 3.05) is 6.54 Å². The third-order valence-electron chi connectivity index (χ3n) is 5.29. The molecule has 2 heterocycles. The Bertz CT molecular complexity index is 895. The molecule has 4 rings (SSSR count). The van der Waals surface area contributed by atoms with Crippen molar-refractivity contribution in [1.82, 2.24) is 19.6 Å². The molecule has 26 heavy (non-hydrogen) atoms. The summed E-state index contributed by atoms with van der Waals surface area (Å²) in [5.41, 5.74) is 0.429. The van der Waals surface area contributed by atoms with E-state index >= 15 is 0 Å². The Labute approximate surface area is 152 Å². The summed E-state index contributed by atoms with van der Waals surface area (Å²) in [6.45, 7) is 0.862. The fraction of sp³-hybridized carbons (Fsp3) is 0.444. The van der Waals surface area contributed by atoms with Crippen LogP contribution in [-0.4, -0.2) is 41.8 Å². The van der Waals surface area contributed by atoms with Gasteiger partial charge in [0.15, 0.2) is 0 Å². The Morgan fingerprint density at radius 3 is 3.00 bits per heavy atom. The highest BCUT2D eigenvalue weighted by atomic mass is 32.2. The van der Waals surface area contributed by atoms with Gasteiger partial charge in [0.2, 0.25) is 10.0 Å². The van der Waals surface area contributed by atoms with Crippen molar-refractivity contribution in [1.29, 1.82) is 0 Å².